The number of rotatable bonds is 3. The molecule has 8 nitrogen and oxygen atoms in total. The molecule has 28 heavy (non-hydrogen) atoms. The SMILES string of the molecule is Cc1cc(C(=O)Nc2ccc3c(c2)c(C)c(C)n3O)nc(N2CCOCC2)n1. The van der Waals surface area contributed by atoms with Crippen LogP contribution in [0.3, 0.4) is 0 Å². The maximum atomic E-state index is 12.8. The Bertz CT molecular complexity index is 1050. The minimum Gasteiger partial charge on any atom is -0.428 e. The molecule has 0 spiro atoms. The number of nitrogens with zero attached hydrogens (tertiary/aromatic N) is 4. The number of ether oxygens (including phenoxy) is 1. The fourth-order valence-corrected chi connectivity index (χ4v) is 3.40. The first kappa shape index (κ1) is 18.2. The van der Waals surface area contributed by atoms with Crippen LogP contribution in [0.25, 0.3) is 10.9 Å². The van der Waals surface area contributed by atoms with Crippen molar-refractivity contribution in [1.82, 2.24) is 14.7 Å². The Morgan fingerprint density at radius 1 is 1.14 bits per heavy atom. The Hall–Kier alpha value is -3.13. The van der Waals surface area contributed by atoms with Gasteiger partial charge in [-0.15, -0.1) is 0 Å². The zero-order valence-corrected chi connectivity index (χ0v) is 16.2. The number of carbonyl (C=O) groups excluding carboxylic acids is 1. The largest absolute Gasteiger partial charge is 0.428 e. The highest BCUT2D eigenvalue weighted by atomic mass is 16.5. The summed E-state index contributed by atoms with van der Waals surface area (Å²) >= 11 is 0. The molecule has 1 aliphatic heterocycles. The standard InChI is InChI=1S/C20H23N5O3/c1-12-10-17(23-20(21-12)24-6-8-28-9-7-24)19(26)22-15-4-5-18-16(11-15)13(2)14(3)25(18)27/h4-5,10-11,27H,6-9H2,1-3H3,(H,22,26). The first-order chi connectivity index (χ1) is 13.4. The van der Waals surface area contributed by atoms with Gasteiger partial charge in [0.05, 0.1) is 24.4 Å². The van der Waals surface area contributed by atoms with E-state index in [1.807, 2.05) is 31.7 Å². The molecule has 0 bridgehead atoms. The maximum absolute atomic E-state index is 12.8. The number of carbonyl (C=O) groups is 1. The van der Waals surface area contributed by atoms with E-state index in [1.165, 1.54) is 4.73 Å². The summed E-state index contributed by atoms with van der Waals surface area (Å²) in [7, 11) is 0. The van der Waals surface area contributed by atoms with Crippen LogP contribution in [0.2, 0.25) is 0 Å². The number of hydrogen-bond donors (Lipinski definition) is 2. The van der Waals surface area contributed by atoms with Crippen molar-refractivity contribution in [3.05, 3.63) is 46.9 Å². The summed E-state index contributed by atoms with van der Waals surface area (Å²) in [6.07, 6.45) is 0. The van der Waals surface area contributed by atoms with Gasteiger partial charge in [0, 0.05) is 29.9 Å². The minimum absolute atomic E-state index is 0.294. The molecule has 3 heterocycles. The molecule has 1 amide bonds. The Balaban J connectivity index is 1.60. The van der Waals surface area contributed by atoms with Crippen LogP contribution in [0, 0.1) is 20.8 Å². The Morgan fingerprint density at radius 2 is 1.89 bits per heavy atom. The Labute approximate surface area is 162 Å². The first-order valence-electron chi connectivity index (χ1n) is 9.24. The summed E-state index contributed by atoms with van der Waals surface area (Å²) in [6.45, 7) is 8.31. The third-order valence-electron chi connectivity index (χ3n) is 5.12. The number of nitrogens with one attached hydrogen (secondary N) is 1. The highest BCUT2D eigenvalue weighted by molar-refractivity contribution is 6.04. The second kappa shape index (κ2) is 7.12. The summed E-state index contributed by atoms with van der Waals surface area (Å²) in [5.74, 6) is 0.255. The summed E-state index contributed by atoms with van der Waals surface area (Å²) in [5.41, 5.74) is 4.17. The van der Waals surface area contributed by atoms with E-state index in [-0.39, 0.29) is 5.91 Å². The van der Waals surface area contributed by atoms with Crippen LogP contribution in [-0.4, -0.2) is 52.1 Å². The molecule has 0 unspecified atom stereocenters. The van der Waals surface area contributed by atoms with E-state index in [1.54, 1.807) is 18.2 Å². The number of hydrogen-bond acceptors (Lipinski definition) is 6. The van der Waals surface area contributed by atoms with Gasteiger partial charge in [-0.2, -0.15) is 4.73 Å². The molecule has 2 N–H and O–H groups in total. The lowest BCUT2D eigenvalue weighted by atomic mass is 10.1. The lowest BCUT2D eigenvalue weighted by Crippen LogP contribution is -2.37. The quantitative estimate of drug-likeness (QED) is 0.678. The molecule has 1 aromatic carbocycles. The van der Waals surface area contributed by atoms with Gasteiger partial charge in [0.15, 0.2) is 0 Å². The monoisotopic (exact) mass is 381 g/mol. The number of amides is 1. The molecule has 146 valence electrons. The zero-order valence-electron chi connectivity index (χ0n) is 16.2. The average Bonchev–Trinajstić information content (AvgIpc) is 2.92. The van der Waals surface area contributed by atoms with Crippen LogP contribution < -0.4 is 10.2 Å². The highest BCUT2D eigenvalue weighted by Gasteiger charge is 2.18. The molecule has 0 radical (unpaired) electrons. The van der Waals surface area contributed by atoms with E-state index in [9.17, 15) is 10.0 Å². The van der Waals surface area contributed by atoms with Crippen molar-refractivity contribution in [1.29, 1.82) is 0 Å². The van der Waals surface area contributed by atoms with Crippen molar-refractivity contribution < 1.29 is 14.7 Å². The lowest BCUT2D eigenvalue weighted by Gasteiger charge is -2.27. The lowest BCUT2D eigenvalue weighted by molar-refractivity contribution is 0.102. The maximum Gasteiger partial charge on any atom is 0.274 e. The third kappa shape index (κ3) is 3.27. The van der Waals surface area contributed by atoms with Gasteiger partial charge >= 0.3 is 0 Å². The van der Waals surface area contributed by atoms with Gasteiger partial charge in [-0.05, 0) is 50.6 Å². The summed E-state index contributed by atoms with van der Waals surface area (Å²) < 4.78 is 6.53. The Morgan fingerprint density at radius 3 is 2.64 bits per heavy atom. The second-order valence-electron chi connectivity index (χ2n) is 7.00. The number of benzene rings is 1. The van der Waals surface area contributed by atoms with E-state index >= 15 is 0 Å². The number of morpholine rings is 1. The molecule has 4 rings (SSSR count). The predicted octanol–water partition coefficient (Wildman–Crippen LogP) is 2.68. The number of anilines is 2. The van der Waals surface area contributed by atoms with Gasteiger partial charge in [0.1, 0.15) is 5.69 Å². The van der Waals surface area contributed by atoms with Crippen LogP contribution in [0.4, 0.5) is 11.6 Å². The van der Waals surface area contributed by atoms with Crippen LogP contribution in [0.1, 0.15) is 27.4 Å². The van der Waals surface area contributed by atoms with Gasteiger partial charge < -0.3 is 20.2 Å². The summed E-state index contributed by atoms with van der Waals surface area (Å²) in [4.78, 5) is 23.7. The van der Waals surface area contributed by atoms with Gasteiger partial charge in [0.2, 0.25) is 5.95 Å². The van der Waals surface area contributed by atoms with E-state index in [4.69, 9.17) is 4.74 Å². The molecular weight excluding hydrogens is 358 g/mol. The molecule has 1 aliphatic rings. The van der Waals surface area contributed by atoms with Crippen molar-refractivity contribution in [2.75, 3.05) is 36.5 Å². The van der Waals surface area contributed by atoms with Gasteiger partial charge in [-0.3, -0.25) is 4.79 Å². The average molecular weight is 381 g/mol. The Kier molecular flexibility index (Phi) is 4.64. The molecule has 3 aromatic rings. The molecular formula is C20H23N5O3. The molecule has 1 saturated heterocycles. The molecule has 0 aliphatic carbocycles. The normalized spacial score (nSPS) is 14.5. The molecule has 8 heteroatoms. The smallest absolute Gasteiger partial charge is 0.274 e. The van der Waals surface area contributed by atoms with E-state index < -0.39 is 0 Å². The van der Waals surface area contributed by atoms with Crippen molar-refractivity contribution in [2.24, 2.45) is 0 Å². The fraction of sp³-hybridized carbons (Fsp3) is 0.350. The van der Waals surface area contributed by atoms with Crippen LogP contribution in [0.15, 0.2) is 24.3 Å². The summed E-state index contributed by atoms with van der Waals surface area (Å²) in [6, 6.07) is 7.09. The summed E-state index contributed by atoms with van der Waals surface area (Å²) in [5, 5.41) is 13.9. The van der Waals surface area contributed by atoms with Crippen molar-refractivity contribution >= 4 is 28.4 Å². The van der Waals surface area contributed by atoms with Gasteiger partial charge in [0.25, 0.3) is 5.91 Å². The molecule has 0 atom stereocenters. The van der Waals surface area contributed by atoms with Gasteiger partial charge in [-0.1, -0.05) is 0 Å². The fourth-order valence-electron chi connectivity index (χ4n) is 3.40. The first-order valence-corrected chi connectivity index (χ1v) is 9.24. The van der Waals surface area contributed by atoms with E-state index in [0.29, 0.717) is 49.1 Å². The number of aryl methyl sites for hydroxylation is 2. The van der Waals surface area contributed by atoms with Crippen molar-refractivity contribution in [2.45, 2.75) is 20.8 Å². The zero-order chi connectivity index (χ0) is 19.8. The molecule has 2 aromatic heterocycles. The van der Waals surface area contributed by atoms with E-state index in [2.05, 4.69) is 15.3 Å². The van der Waals surface area contributed by atoms with Crippen molar-refractivity contribution in [3.8, 4) is 0 Å². The molecule has 1 fully saturated rings. The van der Waals surface area contributed by atoms with E-state index in [0.717, 1.165) is 22.3 Å². The minimum atomic E-state index is -0.294. The van der Waals surface area contributed by atoms with Crippen LogP contribution >= 0.6 is 0 Å². The number of fused-ring (bicyclic) bond motifs is 1. The second-order valence-corrected chi connectivity index (χ2v) is 7.00. The van der Waals surface area contributed by atoms with Gasteiger partial charge in [-0.25, -0.2) is 9.97 Å². The topological polar surface area (TPSA) is 92.5 Å². The van der Waals surface area contributed by atoms with Crippen LogP contribution in [0.5, 0.6) is 0 Å². The highest BCUT2D eigenvalue weighted by Crippen LogP contribution is 2.27. The molecule has 0 saturated carbocycles. The van der Waals surface area contributed by atoms with Crippen LogP contribution in [-0.2, 0) is 4.74 Å². The number of aromatic nitrogens is 3. The van der Waals surface area contributed by atoms with Crippen molar-refractivity contribution in [3.63, 3.8) is 0 Å². The predicted molar refractivity (Wildman–Crippen MR) is 106 cm³/mol. The third-order valence-corrected chi connectivity index (χ3v) is 5.12.